The number of hydrogen-bond donors (Lipinski definition) is 1. The van der Waals surface area contributed by atoms with Crippen molar-refractivity contribution < 1.29 is 23.8 Å². The molecule has 1 aliphatic heterocycles. The Morgan fingerprint density at radius 2 is 1.91 bits per heavy atom. The number of hydrogen-bond acceptors (Lipinski definition) is 5. The van der Waals surface area contributed by atoms with Crippen LogP contribution in [-0.4, -0.2) is 51.3 Å². The molecule has 1 atom stereocenters. The third-order valence-corrected chi connectivity index (χ3v) is 3.88. The van der Waals surface area contributed by atoms with Gasteiger partial charge in [-0.3, -0.25) is 4.79 Å². The highest BCUT2D eigenvalue weighted by Gasteiger charge is 2.29. The van der Waals surface area contributed by atoms with Gasteiger partial charge in [0.25, 0.3) is 0 Å². The summed E-state index contributed by atoms with van der Waals surface area (Å²) in [4.78, 5) is 25.6. The van der Waals surface area contributed by atoms with E-state index in [1.807, 2.05) is 0 Å². The summed E-state index contributed by atoms with van der Waals surface area (Å²) in [5, 5.41) is 2.86. The first kappa shape index (κ1) is 16.9. The van der Waals surface area contributed by atoms with Crippen LogP contribution in [0.1, 0.15) is 12.8 Å². The van der Waals surface area contributed by atoms with Gasteiger partial charge in [-0.1, -0.05) is 0 Å². The summed E-state index contributed by atoms with van der Waals surface area (Å²) >= 11 is 0. The number of piperidine rings is 1. The monoisotopic (exact) mass is 322 g/mol. The molecule has 0 spiro atoms. The molecule has 1 aromatic rings. The number of ether oxygens (including phenoxy) is 3. The highest BCUT2D eigenvalue weighted by molar-refractivity contribution is 5.93. The SMILES string of the molecule is COC(=O)N1CCCC(C(=O)Nc2ccc(OC)c(OC)c2)C1. The van der Waals surface area contributed by atoms with Crippen molar-refractivity contribution in [2.45, 2.75) is 12.8 Å². The molecule has 0 radical (unpaired) electrons. The molecule has 1 aromatic carbocycles. The standard InChI is InChI=1S/C16H22N2O5/c1-21-13-7-6-12(9-14(13)22-2)17-15(19)11-5-4-8-18(10-11)16(20)23-3/h6-7,9,11H,4-5,8,10H2,1-3H3,(H,17,19). The summed E-state index contributed by atoms with van der Waals surface area (Å²) in [5.74, 6) is 0.770. The van der Waals surface area contributed by atoms with Gasteiger partial charge in [0.05, 0.1) is 27.2 Å². The van der Waals surface area contributed by atoms with Gasteiger partial charge in [-0.05, 0) is 25.0 Å². The summed E-state index contributed by atoms with van der Waals surface area (Å²) in [6, 6.07) is 5.19. The lowest BCUT2D eigenvalue weighted by molar-refractivity contribution is -0.121. The fraction of sp³-hybridized carbons (Fsp3) is 0.500. The maximum absolute atomic E-state index is 12.4. The summed E-state index contributed by atoms with van der Waals surface area (Å²) in [6.45, 7) is 0.985. The molecule has 0 aliphatic carbocycles. The lowest BCUT2D eigenvalue weighted by Crippen LogP contribution is -2.43. The van der Waals surface area contributed by atoms with Crippen molar-refractivity contribution in [2.75, 3.05) is 39.7 Å². The van der Waals surface area contributed by atoms with Crippen molar-refractivity contribution in [3.8, 4) is 11.5 Å². The molecule has 0 bridgehead atoms. The predicted molar refractivity (Wildman–Crippen MR) is 84.9 cm³/mol. The number of methoxy groups -OCH3 is 3. The maximum atomic E-state index is 12.4. The molecule has 1 unspecified atom stereocenters. The van der Waals surface area contributed by atoms with Crippen molar-refractivity contribution in [1.29, 1.82) is 0 Å². The molecule has 1 N–H and O–H groups in total. The van der Waals surface area contributed by atoms with Gasteiger partial charge >= 0.3 is 6.09 Å². The molecule has 7 heteroatoms. The van der Waals surface area contributed by atoms with Crippen molar-refractivity contribution in [1.82, 2.24) is 4.90 Å². The van der Waals surface area contributed by atoms with Crippen molar-refractivity contribution in [2.24, 2.45) is 5.92 Å². The van der Waals surface area contributed by atoms with E-state index in [4.69, 9.17) is 14.2 Å². The van der Waals surface area contributed by atoms with E-state index >= 15 is 0 Å². The van der Waals surface area contributed by atoms with Crippen LogP contribution < -0.4 is 14.8 Å². The molecule has 1 fully saturated rings. The van der Waals surface area contributed by atoms with Crippen molar-refractivity contribution in [3.05, 3.63) is 18.2 Å². The fourth-order valence-electron chi connectivity index (χ4n) is 2.64. The summed E-state index contributed by atoms with van der Waals surface area (Å²) in [6.07, 6.45) is 1.12. The molecule has 23 heavy (non-hydrogen) atoms. The second-order valence-electron chi connectivity index (χ2n) is 5.31. The molecule has 126 valence electrons. The quantitative estimate of drug-likeness (QED) is 0.919. The Labute approximate surface area is 135 Å². The van der Waals surface area contributed by atoms with Crippen LogP contribution in [0.5, 0.6) is 11.5 Å². The van der Waals surface area contributed by atoms with Crippen molar-refractivity contribution >= 4 is 17.7 Å². The van der Waals surface area contributed by atoms with Gasteiger partial charge in [-0.2, -0.15) is 0 Å². The van der Waals surface area contributed by atoms with Crippen LogP contribution in [0.25, 0.3) is 0 Å². The average molecular weight is 322 g/mol. The van der Waals surface area contributed by atoms with Gasteiger partial charge in [-0.15, -0.1) is 0 Å². The predicted octanol–water partition coefficient (Wildman–Crippen LogP) is 2.12. The smallest absolute Gasteiger partial charge is 0.409 e. The van der Waals surface area contributed by atoms with E-state index in [-0.39, 0.29) is 11.8 Å². The van der Waals surface area contributed by atoms with Gasteiger partial charge in [0, 0.05) is 24.8 Å². The molecule has 2 amide bonds. The molecule has 7 nitrogen and oxygen atoms in total. The number of anilines is 1. The Morgan fingerprint density at radius 3 is 2.57 bits per heavy atom. The molecule has 0 saturated carbocycles. The zero-order valence-electron chi connectivity index (χ0n) is 13.6. The van der Waals surface area contributed by atoms with Crippen LogP contribution in [0.15, 0.2) is 18.2 Å². The van der Waals surface area contributed by atoms with E-state index in [0.717, 1.165) is 12.8 Å². The van der Waals surface area contributed by atoms with Gasteiger partial charge in [-0.25, -0.2) is 4.79 Å². The third-order valence-electron chi connectivity index (χ3n) is 3.88. The highest BCUT2D eigenvalue weighted by Crippen LogP contribution is 2.30. The van der Waals surface area contributed by atoms with E-state index in [1.54, 1.807) is 37.3 Å². The molecule has 2 rings (SSSR count). The van der Waals surface area contributed by atoms with Crippen molar-refractivity contribution in [3.63, 3.8) is 0 Å². The van der Waals surface area contributed by atoms with Gasteiger partial charge < -0.3 is 24.4 Å². The topological polar surface area (TPSA) is 77.1 Å². The second-order valence-corrected chi connectivity index (χ2v) is 5.31. The Balaban J connectivity index is 2.02. The van der Waals surface area contributed by atoms with Crippen LogP contribution in [-0.2, 0) is 9.53 Å². The van der Waals surface area contributed by atoms with Crippen LogP contribution >= 0.6 is 0 Å². The third kappa shape index (κ3) is 4.06. The first-order valence-corrected chi connectivity index (χ1v) is 7.44. The summed E-state index contributed by atoms with van der Waals surface area (Å²) in [5.41, 5.74) is 0.628. The number of nitrogens with zero attached hydrogens (tertiary/aromatic N) is 1. The minimum Gasteiger partial charge on any atom is -0.493 e. The molecule has 1 saturated heterocycles. The largest absolute Gasteiger partial charge is 0.493 e. The van der Waals surface area contributed by atoms with E-state index in [1.165, 1.54) is 7.11 Å². The van der Waals surface area contributed by atoms with Gasteiger partial charge in [0.2, 0.25) is 5.91 Å². The molecule has 1 heterocycles. The minimum atomic E-state index is -0.395. The molecular formula is C16H22N2O5. The zero-order valence-corrected chi connectivity index (χ0v) is 13.6. The Hall–Kier alpha value is -2.44. The Morgan fingerprint density at radius 1 is 1.17 bits per heavy atom. The number of carbonyl (C=O) groups excluding carboxylic acids is 2. The Bertz CT molecular complexity index is 576. The number of rotatable bonds is 4. The molecule has 0 aromatic heterocycles. The van der Waals surface area contributed by atoms with Gasteiger partial charge in [0.15, 0.2) is 11.5 Å². The second kappa shape index (κ2) is 7.71. The van der Waals surface area contributed by atoms with E-state index in [9.17, 15) is 9.59 Å². The van der Waals surface area contributed by atoms with Crippen LogP contribution in [0, 0.1) is 5.92 Å². The fourth-order valence-corrected chi connectivity index (χ4v) is 2.64. The summed E-state index contributed by atoms with van der Waals surface area (Å²) < 4.78 is 15.1. The first-order valence-electron chi connectivity index (χ1n) is 7.44. The summed E-state index contributed by atoms with van der Waals surface area (Å²) in [7, 11) is 4.44. The molecule has 1 aliphatic rings. The number of carbonyl (C=O) groups is 2. The number of likely N-dealkylation sites (tertiary alicyclic amines) is 1. The molecular weight excluding hydrogens is 300 g/mol. The Kier molecular flexibility index (Phi) is 5.67. The first-order chi connectivity index (χ1) is 11.1. The van der Waals surface area contributed by atoms with E-state index in [2.05, 4.69) is 5.32 Å². The van der Waals surface area contributed by atoms with Gasteiger partial charge in [0.1, 0.15) is 0 Å². The number of amides is 2. The zero-order chi connectivity index (χ0) is 16.8. The van der Waals surface area contributed by atoms with E-state index < -0.39 is 6.09 Å². The minimum absolute atomic E-state index is 0.120. The number of nitrogens with one attached hydrogen (secondary N) is 1. The normalized spacial score (nSPS) is 17.3. The lowest BCUT2D eigenvalue weighted by atomic mass is 9.97. The maximum Gasteiger partial charge on any atom is 0.409 e. The van der Waals surface area contributed by atoms with Crippen LogP contribution in [0.3, 0.4) is 0 Å². The highest BCUT2D eigenvalue weighted by atomic mass is 16.5. The average Bonchev–Trinajstić information content (AvgIpc) is 2.60. The lowest BCUT2D eigenvalue weighted by Gasteiger charge is -2.30. The van der Waals surface area contributed by atoms with Crippen LogP contribution in [0.4, 0.5) is 10.5 Å². The van der Waals surface area contributed by atoms with E-state index in [0.29, 0.717) is 30.3 Å². The number of benzene rings is 1. The van der Waals surface area contributed by atoms with Crippen LogP contribution in [0.2, 0.25) is 0 Å².